The Bertz CT molecular complexity index is 849. The van der Waals surface area contributed by atoms with Gasteiger partial charge in [0.15, 0.2) is 0 Å². The second kappa shape index (κ2) is 6.20. The molecule has 1 N–H and O–H groups in total. The second-order valence-corrected chi connectivity index (χ2v) is 6.38. The average molecular weight is 338 g/mol. The molecule has 4 rings (SSSR count). The quantitative estimate of drug-likeness (QED) is 0.929. The van der Waals surface area contributed by atoms with Gasteiger partial charge in [0.25, 0.3) is 5.91 Å². The number of pyridine rings is 1. The summed E-state index contributed by atoms with van der Waals surface area (Å²) in [5.41, 5.74) is 3.39. The van der Waals surface area contributed by atoms with Crippen molar-refractivity contribution in [3.05, 3.63) is 47.8 Å². The maximum absolute atomic E-state index is 12.7. The minimum atomic E-state index is -0.950. The number of benzene rings is 1. The molecule has 1 amide bonds. The Morgan fingerprint density at radius 1 is 1.20 bits per heavy atom. The first-order valence-corrected chi connectivity index (χ1v) is 8.38. The Labute approximate surface area is 145 Å². The van der Waals surface area contributed by atoms with Gasteiger partial charge in [-0.3, -0.25) is 9.78 Å². The molecule has 0 radical (unpaired) electrons. The summed E-state index contributed by atoms with van der Waals surface area (Å²) >= 11 is 0. The van der Waals surface area contributed by atoms with E-state index in [2.05, 4.69) is 11.1 Å². The third-order valence-electron chi connectivity index (χ3n) is 4.81. The highest BCUT2D eigenvalue weighted by atomic mass is 16.5. The van der Waals surface area contributed by atoms with Crippen LogP contribution in [-0.2, 0) is 11.2 Å². The van der Waals surface area contributed by atoms with Gasteiger partial charge < -0.3 is 14.7 Å². The fourth-order valence-corrected chi connectivity index (χ4v) is 3.51. The third-order valence-corrected chi connectivity index (χ3v) is 4.81. The monoisotopic (exact) mass is 338 g/mol. The number of carbonyl (C=O) groups excluding carboxylic acids is 1. The Morgan fingerprint density at radius 3 is 2.92 bits per heavy atom. The lowest BCUT2D eigenvalue weighted by Gasteiger charge is -2.21. The van der Waals surface area contributed by atoms with E-state index in [4.69, 9.17) is 4.74 Å². The fraction of sp³-hybridized carbons (Fsp3) is 0.316. The number of carboxylic acids is 1. The molecule has 1 fully saturated rings. The number of carboxylic acid groups (broad SMARTS) is 1. The Kier molecular flexibility index (Phi) is 3.87. The second-order valence-electron chi connectivity index (χ2n) is 6.38. The summed E-state index contributed by atoms with van der Waals surface area (Å²) in [4.78, 5) is 29.7. The van der Waals surface area contributed by atoms with E-state index in [1.165, 1.54) is 11.1 Å². The standard InChI is InChI=1S/C19H18N2O4/c22-18(21-6-1-2-16(21)19(23)24)15-9-14(10-20-11-15)12-3-4-17-13(8-12)5-7-25-17/h3-4,8-11,16H,1-2,5-7H2,(H,23,24)/t16-/m0/s1. The largest absolute Gasteiger partial charge is 0.493 e. The van der Waals surface area contributed by atoms with Crippen LogP contribution in [0.15, 0.2) is 36.7 Å². The van der Waals surface area contributed by atoms with Gasteiger partial charge >= 0.3 is 5.97 Å². The van der Waals surface area contributed by atoms with Gasteiger partial charge in [-0.25, -0.2) is 4.79 Å². The van der Waals surface area contributed by atoms with Gasteiger partial charge in [0.05, 0.1) is 12.2 Å². The van der Waals surface area contributed by atoms with Crippen LogP contribution in [0.5, 0.6) is 5.75 Å². The van der Waals surface area contributed by atoms with Crippen molar-refractivity contribution in [1.82, 2.24) is 9.88 Å². The van der Waals surface area contributed by atoms with E-state index < -0.39 is 12.0 Å². The van der Waals surface area contributed by atoms with Crippen LogP contribution in [0.2, 0.25) is 0 Å². The van der Waals surface area contributed by atoms with Gasteiger partial charge in [0, 0.05) is 30.9 Å². The summed E-state index contributed by atoms with van der Waals surface area (Å²) in [7, 11) is 0. The maximum Gasteiger partial charge on any atom is 0.326 e. The first-order chi connectivity index (χ1) is 12.1. The van der Waals surface area contributed by atoms with Crippen molar-refractivity contribution in [3.63, 3.8) is 0 Å². The molecule has 0 saturated carbocycles. The molecule has 0 unspecified atom stereocenters. The smallest absolute Gasteiger partial charge is 0.326 e. The first kappa shape index (κ1) is 15.6. The van der Waals surface area contributed by atoms with Gasteiger partial charge in [-0.1, -0.05) is 6.07 Å². The highest BCUT2D eigenvalue weighted by molar-refractivity contribution is 5.97. The highest BCUT2D eigenvalue weighted by Crippen LogP contribution is 2.31. The number of hydrogen-bond donors (Lipinski definition) is 1. The van der Waals surface area contributed by atoms with Crippen molar-refractivity contribution in [2.75, 3.05) is 13.2 Å². The number of amides is 1. The molecule has 0 bridgehead atoms. The molecule has 25 heavy (non-hydrogen) atoms. The number of hydrogen-bond acceptors (Lipinski definition) is 4. The Hall–Kier alpha value is -2.89. The molecule has 3 heterocycles. The van der Waals surface area contributed by atoms with Crippen LogP contribution < -0.4 is 4.74 Å². The Morgan fingerprint density at radius 2 is 2.08 bits per heavy atom. The molecule has 0 aliphatic carbocycles. The number of ether oxygens (including phenoxy) is 1. The first-order valence-electron chi connectivity index (χ1n) is 8.38. The van der Waals surface area contributed by atoms with Crippen LogP contribution >= 0.6 is 0 Å². The van der Waals surface area contributed by atoms with Crippen molar-refractivity contribution >= 4 is 11.9 Å². The summed E-state index contributed by atoms with van der Waals surface area (Å²) in [6, 6.07) is 6.99. The van der Waals surface area contributed by atoms with Gasteiger partial charge in [0.1, 0.15) is 11.8 Å². The molecule has 2 aliphatic rings. The van der Waals surface area contributed by atoms with Gasteiger partial charge in [-0.05, 0) is 42.2 Å². The van der Waals surface area contributed by atoms with Crippen LogP contribution in [0.25, 0.3) is 11.1 Å². The summed E-state index contributed by atoms with van der Waals surface area (Å²) in [6.45, 7) is 1.16. The number of aliphatic carboxylic acids is 1. The van der Waals surface area contributed by atoms with E-state index in [-0.39, 0.29) is 5.91 Å². The molecule has 128 valence electrons. The lowest BCUT2D eigenvalue weighted by molar-refractivity contribution is -0.141. The van der Waals surface area contributed by atoms with E-state index >= 15 is 0 Å². The van der Waals surface area contributed by atoms with Crippen LogP contribution in [0, 0.1) is 0 Å². The lowest BCUT2D eigenvalue weighted by atomic mass is 10.0. The minimum absolute atomic E-state index is 0.274. The molecule has 2 aromatic rings. The molecule has 6 heteroatoms. The number of likely N-dealkylation sites (tertiary alicyclic amines) is 1. The predicted molar refractivity (Wildman–Crippen MR) is 90.6 cm³/mol. The van der Waals surface area contributed by atoms with E-state index in [0.717, 1.165) is 28.9 Å². The number of carbonyl (C=O) groups is 2. The molecule has 0 spiro atoms. The molecular formula is C19H18N2O4. The van der Waals surface area contributed by atoms with E-state index in [1.54, 1.807) is 12.3 Å². The van der Waals surface area contributed by atoms with E-state index in [1.807, 2.05) is 12.1 Å². The van der Waals surface area contributed by atoms with Crippen molar-refractivity contribution in [3.8, 4) is 16.9 Å². The summed E-state index contributed by atoms with van der Waals surface area (Å²) in [5, 5.41) is 9.28. The molecule has 2 aliphatic heterocycles. The van der Waals surface area contributed by atoms with Crippen molar-refractivity contribution in [2.45, 2.75) is 25.3 Å². The van der Waals surface area contributed by atoms with Crippen LogP contribution in [-0.4, -0.2) is 46.1 Å². The van der Waals surface area contributed by atoms with Crippen LogP contribution in [0.4, 0.5) is 0 Å². The predicted octanol–water partition coefficient (Wildman–Crippen LogP) is 2.37. The normalized spacial score (nSPS) is 18.7. The molecular weight excluding hydrogens is 320 g/mol. The van der Waals surface area contributed by atoms with E-state index in [0.29, 0.717) is 31.6 Å². The zero-order valence-corrected chi connectivity index (χ0v) is 13.6. The Balaban J connectivity index is 1.63. The maximum atomic E-state index is 12.7. The number of nitrogens with zero attached hydrogens (tertiary/aromatic N) is 2. The SMILES string of the molecule is O=C(O)[C@@H]1CCCN1C(=O)c1cncc(-c2ccc3c(c2)CCO3)c1. The summed E-state index contributed by atoms with van der Waals surface area (Å²) in [5.74, 6) is -0.317. The zero-order valence-electron chi connectivity index (χ0n) is 13.6. The average Bonchev–Trinajstić information content (AvgIpc) is 3.29. The molecule has 1 aromatic heterocycles. The van der Waals surface area contributed by atoms with E-state index in [9.17, 15) is 14.7 Å². The summed E-state index contributed by atoms with van der Waals surface area (Å²) in [6.07, 6.45) is 5.30. The van der Waals surface area contributed by atoms with Crippen molar-refractivity contribution in [2.24, 2.45) is 0 Å². The number of fused-ring (bicyclic) bond motifs is 1. The number of aromatic nitrogens is 1. The van der Waals surface area contributed by atoms with Crippen LogP contribution in [0.3, 0.4) is 0 Å². The number of rotatable bonds is 3. The molecule has 1 aromatic carbocycles. The highest BCUT2D eigenvalue weighted by Gasteiger charge is 2.34. The van der Waals surface area contributed by atoms with Gasteiger partial charge in [-0.15, -0.1) is 0 Å². The summed E-state index contributed by atoms with van der Waals surface area (Å²) < 4.78 is 5.52. The fourth-order valence-electron chi connectivity index (χ4n) is 3.51. The molecule has 1 saturated heterocycles. The van der Waals surface area contributed by atoms with Gasteiger partial charge in [-0.2, -0.15) is 0 Å². The van der Waals surface area contributed by atoms with Crippen molar-refractivity contribution < 1.29 is 19.4 Å². The third kappa shape index (κ3) is 2.84. The van der Waals surface area contributed by atoms with Crippen molar-refractivity contribution in [1.29, 1.82) is 0 Å². The minimum Gasteiger partial charge on any atom is -0.493 e. The van der Waals surface area contributed by atoms with Gasteiger partial charge in [0.2, 0.25) is 0 Å². The van der Waals surface area contributed by atoms with Crippen LogP contribution in [0.1, 0.15) is 28.8 Å². The zero-order chi connectivity index (χ0) is 17.4. The molecule has 6 nitrogen and oxygen atoms in total. The topological polar surface area (TPSA) is 79.7 Å². The molecule has 1 atom stereocenters. The lowest BCUT2D eigenvalue weighted by Crippen LogP contribution is -2.40.